The average molecular weight is 157 g/mol. The van der Waals surface area contributed by atoms with Crippen molar-refractivity contribution in [1.82, 2.24) is 0 Å². The molecule has 1 aromatic carbocycles. The zero-order valence-corrected chi connectivity index (χ0v) is 6.77. The van der Waals surface area contributed by atoms with Crippen LogP contribution in [0, 0.1) is 13.8 Å². The molecule has 0 aliphatic rings. The molecule has 1 rings (SSSR count). The molecule has 0 spiro atoms. The van der Waals surface area contributed by atoms with Crippen molar-refractivity contribution in [2.24, 2.45) is 0 Å². The highest BCUT2D eigenvalue weighted by atomic mass is 35.5. The molecule has 0 unspecified atom stereocenters. The van der Waals surface area contributed by atoms with E-state index in [0.29, 0.717) is 0 Å². The Morgan fingerprint density at radius 1 is 1.20 bits per heavy atom. The van der Waals surface area contributed by atoms with Gasteiger partial charge in [-0.2, -0.15) is 0 Å². The molecule has 0 aliphatic carbocycles. The number of hydrogen-bond acceptors (Lipinski definition) is 1. The Bertz CT molecular complexity index is 200. The van der Waals surface area contributed by atoms with Gasteiger partial charge in [0.1, 0.15) is 0 Å². The summed E-state index contributed by atoms with van der Waals surface area (Å²) in [5.74, 6) is 0.134. The maximum atomic E-state index is 10.8. The van der Waals surface area contributed by atoms with Gasteiger partial charge >= 0.3 is 0 Å². The van der Waals surface area contributed by atoms with Gasteiger partial charge in [-0.05, 0) is 19.4 Å². The largest absolute Gasteiger partial charge is 1.00 e. The first kappa shape index (κ1) is 9.31. The van der Waals surface area contributed by atoms with Crippen LogP contribution in [0.4, 0.5) is 0 Å². The van der Waals surface area contributed by atoms with Gasteiger partial charge in [0.05, 0.1) is 0 Å². The first-order valence-electron chi connectivity index (χ1n) is 2.95. The molecule has 2 heteroatoms. The van der Waals surface area contributed by atoms with Crippen molar-refractivity contribution in [1.29, 1.82) is 0 Å². The van der Waals surface area contributed by atoms with E-state index >= 15 is 0 Å². The highest BCUT2D eigenvalue weighted by molar-refractivity contribution is 5.35. The second kappa shape index (κ2) is 3.47. The molecule has 0 N–H and O–H groups in total. The monoisotopic (exact) mass is 156 g/mol. The summed E-state index contributed by atoms with van der Waals surface area (Å²) in [5, 5.41) is 10.8. The standard InChI is InChI=1S/C8H10O.ClH/c1-6-4-3-5-8(9)7(6)2;/h3-5,9H,1-2H3;1H/p-2. The molecule has 1 nitrogen and oxygen atoms in total. The molecule has 0 atom stereocenters. The van der Waals surface area contributed by atoms with Gasteiger partial charge in [0.15, 0.2) is 0 Å². The van der Waals surface area contributed by atoms with Crippen LogP contribution in [0.5, 0.6) is 5.75 Å². The molecule has 0 amide bonds. The third-order valence-electron chi connectivity index (χ3n) is 1.55. The summed E-state index contributed by atoms with van der Waals surface area (Å²) in [6.45, 7) is 3.79. The van der Waals surface area contributed by atoms with E-state index in [2.05, 4.69) is 0 Å². The first-order chi connectivity index (χ1) is 4.22. The smallest absolute Gasteiger partial charge is 0.0395 e. The third-order valence-corrected chi connectivity index (χ3v) is 1.55. The molecule has 0 radical (unpaired) electrons. The molecule has 56 valence electrons. The van der Waals surface area contributed by atoms with Crippen LogP contribution in [-0.2, 0) is 0 Å². The normalized spacial score (nSPS) is 8.60. The van der Waals surface area contributed by atoms with Crippen molar-refractivity contribution in [3.05, 3.63) is 29.3 Å². The van der Waals surface area contributed by atoms with E-state index in [4.69, 9.17) is 0 Å². The van der Waals surface area contributed by atoms with Crippen LogP contribution in [0.1, 0.15) is 11.1 Å². The quantitative estimate of drug-likeness (QED) is 0.443. The first-order valence-corrected chi connectivity index (χ1v) is 2.95. The molecule has 1 aromatic rings. The average Bonchev–Trinajstić information content (AvgIpc) is 1.83. The van der Waals surface area contributed by atoms with E-state index < -0.39 is 0 Å². The van der Waals surface area contributed by atoms with Crippen LogP contribution in [0.2, 0.25) is 0 Å². The third kappa shape index (κ3) is 1.64. The molecule has 10 heavy (non-hydrogen) atoms. The minimum Gasteiger partial charge on any atom is -1.00 e. The van der Waals surface area contributed by atoms with Gasteiger partial charge in [0.2, 0.25) is 0 Å². The fourth-order valence-electron chi connectivity index (χ4n) is 0.724. The minimum absolute atomic E-state index is 0. The van der Waals surface area contributed by atoms with Crippen molar-refractivity contribution < 1.29 is 17.5 Å². The lowest BCUT2D eigenvalue weighted by atomic mass is 10.1. The van der Waals surface area contributed by atoms with Gasteiger partial charge in [0, 0.05) is 0 Å². The number of aryl methyl sites for hydroxylation is 1. The Morgan fingerprint density at radius 3 is 2.20 bits per heavy atom. The van der Waals surface area contributed by atoms with Crippen LogP contribution in [-0.4, -0.2) is 0 Å². The number of rotatable bonds is 0. The molecule has 0 fully saturated rings. The van der Waals surface area contributed by atoms with Gasteiger partial charge in [-0.1, -0.05) is 23.8 Å². The van der Waals surface area contributed by atoms with Crippen molar-refractivity contribution >= 4 is 0 Å². The summed E-state index contributed by atoms with van der Waals surface area (Å²) in [5.41, 5.74) is 1.93. The van der Waals surface area contributed by atoms with Crippen LogP contribution in [0.3, 0.4) is 0 Å². The lowest BCUT2D eigenvalue weighted by Crippen LogP contribution is -3.00. The molecule has 0 saturated heterocycles. The number of benzene rings is 1. The minimum atomic E-state index is 0. The van der Waals surface area contributed by atoms with Crippen molar-refractivity contribution in [2.45, 2.75) is 13.8 Å². The predicted molar refractivity (Wildman–Crippen MR) is 35.4 cm³/mol. The maximum absolute atomic E-state index is 10.8. The van der Waals surface area contributed by atoms with E-state index in [1.165, 1.54) is 0 Å². The Balaban J connectivity index is 0.000000810. The summed E-state index contributed by atoms with van der Waals surface area (Å²) in [7, 11) is 0. The molecule has 0 aliphatic heterocycles. The van der Waals surface area contributed by atoms with E-state index in [1.807, 2.05) is 19.9 Å². The van der Waals surface area contributed by atoms with Crippen LogP contribution >= 0.6 is 0 Å². The Morgan fingerprint density at radius 2 is 1.80 bits per heavy atom. The molecule has 0 bridgehead atoms. The van der Waals surface area contributed by atoms with E-state index in [0.717, 1.165) is 11.1 Å². The van der Waals surface area contributed by atoms with Gasteiger partial charge in [-0.25, -0.2) is 0 Å². The summed E-state index contributed by atoms with van der Waals surface area (Å²) >= 11 is 0. The highest BCUT2D eigenvalue weighted by Gasteiger charge is 1.87. The van der Waals surface area contributed by atoms with E-state index in [1.54, 1.807) is 12.1 Å². The Kier molecular flexibility index (Phi) is 3.23. The zero-order valence-electron chi connectivity index (χ0n) is 6.02. The molecular formula is C8H9ClO-2. The van der Waals surface area contributed by atoms with Crippen molar-refractivity contribution in [2.75, 3.05) is 0 Å². The van der Waals surface area contributed by atoms with Crippen LogP contribution in [0.25, 0.3) is 0 Å². The molecular weight excluding hydrogens is 148 g/mol. The highest BCUT2D eigenvalue weighted by Crippen LogP contribution is 2.14. The van der Waals surface area contributed by atoms with Gasteiger partial charge in [-0.15, -0.1) is 5.75 Å². The summed E-state index contributed by atoms with van der Waals surface area (Å²) < 4.78 is 0. The fraction of sp³-hybridized carbons (Fsp3) is 0.250. The van der Waals surface area contributed by atoms with E-state index in [-0.39, 0.29) is 18.2 Å². The van der Waals surface area contributed by atoms with Crippen LogP contribution in [0.15, 0.2) is 18.2 Å². The topological polar surface area (TPSA) is 23.1 Å². The SMILES string of the molecule is Cc1cccc([O-])c1C.[Cl-]. The summed E-state index contributed by atoms with van der Waals surface area (Å²) in [6, 6.07) is 5.31. The summed E-state index contributed by atoms with van der Waals surface area (Å²) in [4.78, 5) is 0. The predicted octanol–water partition coefficient (Wildman–Crippen LogP) is -1.62. The number of hydrogen-bond donors (Lipinski definition) is 0. The van der Waals surface area contributed by atoms with Crippen LogP contribution < -0.4 is 17.5 Å². The lowest BCUT2D eigenvalue weighted by Gasteiger charge is -2.10. The van der Waals surface area contributed by atoms with Gasteiger partial charge < -0.3 is 17.5 Å². The maximum Gasteiger partial charge on any atom is -0.0395 e. The molecule has 0 aromatic heterocycles. The molecule has 0 saturated carbocycles. The van der Waals surface area contributed by atoms with Gasteiger partial charge in [-0.3, -0.25) is 0 Å². The number of halogens is 1. The van der Waals surface area contributed by atoms with Crippen molar-refractivity contribution in [3.8, 4) is 5.75 Å². The fourth-order valence-corrected chi connectivity index (χ4v) is 0.724. The Hall–Kier alpha value is -0.690. The summed E-state index contributed by atoms with van der Waals surface area (Å²) in [6.07, 6.45) is 0. The van der Waals surface area contributed by atoms with E-state index in [9.17, 15) is 5.11 Å². The zero-order chi connectivity index (χ0) is 6.85. The Labute approximate surface area is 67.1 Å². The second-order valence-corrected chi connectivity index (χ2v) is 2.20. The lowest BCUT2D eigenvalue weighted by molar-refractivity contribution is -0.269. The second-order valence-electron chi connectivity index (χ2n) is 2.20. The molecule has 0 heterocycles. The van der Waals surface area contributed by atoms with Gasteiger partial charge in [0.25, 0.3) is 0 Å². The van der Waals surface area contributed by atoms with Crippen molar-refractivity contribution in [3.63, 3.8) is 0 Å².